The summed E-state index contributed by atoms with van der Waals surface area (Å²) in [6, 6.07) is 6.19. The van der Waals surface area contributed by atoms with Gasteiger partial charge < -0.3 is 15.8 Å². The highest BCUT2D eigenvalue weighted by molar-refractivity contribution is 5.85. The summed E-state index contributed by atoms with van der Waals surface area (Å²) in [6.07, 6.45) is 6.56. The van der Waals surface area contributed by atoms with Crippen molar-refractivity contribution in [2.24, 2.45) is 17.6 Å². The number of hydrogen-bond donors (Lipinski definition) is 2. The molecular formula is C20H31ClN2O2. The Hall–Kier alpha value is -1.26. The number of nitrogens with one attached hydrogen (secondary N) is 1. The Morgan fingerprint density at radius 3 is 2.76 bits per heavy atom. The lowest BCUT2D eigenvalue weighted by Gasteiger charge is -2.37. The van der Waals surface area contributed by atoms with Gasteiger partial charge >= 0.3 is 0 Å². The zero-order valence-corrected chi connectivity index (χ0v) is 16.2. The van der Waals surface area contributed by atoms with Crippen molar-refractivity contribution in [1.82, 2.24) is 5.32 Å². The first kappa shape index (κ1) is 20.1. The first-order valence-corrected chi connectivity index (χ1v) is 9.24. The molecule has 1 aromatic rings. The maximum absolute atomic E-state index is 12.6. The number of aryl methyl sites for hydroxylation is 1. The Morgan fingerprint density at radius 1 is 1.32 bits per heavy atom. The van der Waals surface area contributed by atoms with Crippen LogP contribution in [0.25, 0.3) is 0 Å². The minimum Gasteiger partial charge on any atom is -0.493 e. The van der Waals surface area contributed by atoms with Gasteiger partial charge in [0.25, 0.3) is 0 Å². The van der Waals surface area contributed by atoms with Crippen molar-refractivity contribution >= 4 is 18.3 Å². The number of rotatable bonds is 6. The van der Waals surface area contributed by atoms with Crippen molar-refractivity contribution in [3.05, 3.63) is 29.3 Å². The van der Waals surface area contributed by atoms with Crippen LogP contribution in [0.1, 0.15) is 56.6 Å². The smallest absolute Gasteiger partial charge is 0.225 e. The zero-order chi connectivity index (χ0) is 17.2. The molecule has 2 fully saturated rings. The number of amides is 1. The fourth-order valence-electron chi connectivity index (χ4n) is 3.53. The maximum Gasteiger partial charge on any atom is 0.225 e. The quantitative estimate of drug-likeness (QED) is 0.806. The SMILES string of the molecule is Cc1ccc(CNC(=O)C2CCCCC2(C)N)c(OCC2CC2)c1.Cl. The van der Waals surface area contributed by atoms with E-state index in [1.807, 2.05) is 6.92 Å². The highest BCUT2D eigenvalue weighted by Gasteiger charge is 2.37. The van der Waals surface area contributed by atoms with Crippen molar-refractivity contribution in [3.8, 4) is 5.75 Å². The Morgan fingerprint density at radius 2 is 2.08 bits per heavy atom. The molecule has 5 heteroatoms. The van der Waals surface area contributed by atoms with Crippen LogP contribution in [-0.4, -0.2) is 18.1 Å². The molecule has 0 radical (unpaired) electrons. The first-order valence-electron chi connectivity index (χ1n) is 9.24. The molecule has 140 valence electrons. The molecule has 0 aliphatic heterocycles. The summed E-state index contributed by atoms with van der Waals surface area (Å²) in [6.45, 7) is 5.36. The fourth-order valence-corrected chi connectivity index (χ4v) is 3.53. The molecule has 0 heterocycles. The van der Waals surface area contributed by atoms with E-state index in [4.69, 9.17) is 10.5 Å². The van der Waals surface area contributed by atoms with Crippen LogP contribution in [0.5, 0.6) is 5.75 Å². The molecule has 2 aliphatic carbocycles. The molecule has 25 heavy (non-hydrogen) atoms. The van der Waals surface area contributed by atoms with Gasteiger partial charge in [0.15, 0.2) is 0 Å². The average molecular weight is 367 g/mol. The molecule has 2 saturated carbocycles. The number of carbonyl (C=O) groups excluding carboxylic acids is 1. The number of ether oxygens (including phenoxy) is 1. The number of benzene rings is 1. The molecule has 0 spiro atoms. The van der Waals surface area contributed by atoms with Gasteiger partial charge in [-0.15, -0.1) is 12.4 Å². The summed E-state index contributed by atoms with van der Waals surface area (Å²) in [5.41, 5.74) is 8.18. The summed E-state index contributed by atoms with van der Waals surface area (Å²) in [7, 11) is 0. The average Bonchev–Trinajstić information content (AvgIpc) is 3.35. The Balaban J connectivity index is 0.00000225. The molecule has 3 rings (SSSR count). The highest BCUT2D eigenvalue weighted by atomic mass is 35.5. The Kier molecular flexibility index (Phi) is 6.75. The van der Waals surface area contributed by atoms with Gasteiger partial charge in [-0.3, -0.25) is 4.79 Å². The largest absolute Gasteiger partial charge is 0.493 e. The second kappa shape index (κ2) is 8.41. The number of halogens is 1. The molecule has 0 saturated heterocycles. The summed E-state index contributed by atoms with van der Waals surface area (Å²) in [5, 5.41) is 3.09. The van der Waals surface area contributed by atoms with E-state index in [1.165, 1.54) is 18.4 Å². The molecular weight excluding hydrogens is 336 g/mol. The number of carbonyl (C=O) groups is 1. The van der Waals surface area contributed by atoms with Crippen LogP contribution in [0.3, 0.4) is 0 Å². The summed E-state index contributed by atoms with van der Waals surface area (Å²) >= 11 is 0. The lowest BCUT2D eigenvalue weighted by atomic mass is 9.74. The molecule has 4 nitrogen and oxygen atoms in total. The van der Waals surface area contributed by atoms with E-state index in [1.54, 1.807) is 0 Å². The van der Waals surface area contributed by atoms with Gasteiger partial charge in [0.05, 0.1) is 12.5 Å². The second-order valence-electron chi connectivity index (χ2n) is 7.89. The minimum atomic E-state index is -0.388. The zero-order valence-electron chi connectivity index (χ0n) is 15.3. The maximum atomic E-state index is 12.6. The van der Waals surface area contributed by atoms with Crippen LogP contribution < -0.4 is 15.8 Å². The van der Waals surface area contributed by atoms with E-state index in [0.717, 1.165) is 43.6 Å². The summed E-state index contributed by atoms with van der Waals surface area (Å²) in [4.78, 5) is 12.6. The van der Waals surface area contributed by atoms with Crippen LogP contribution in [-0.2, 0) is 11.3 Å². The topological polar surface area (TPSA) is 64.4 Å². The molecule has 0 bridgehead atoms. The van der Waals surface area contributed by atoms with E-state index >= 15 is 0 Å². The van der Waals surface area contributed by atoms with Crippen LogP contribution in [0.4, 0.5) is 0 Å². The third-order valence-electron chi connectivity index (χ3n) is 5.42. The van der Waals surface area contributed by atoms with Gasteiger partial charge in [-0.05, 0) is 57.1 Å². The van der Waals surface area contributed by atoms with Gasteiger partial charge in [0, 0.05) is 17.6 Å². The molecule has 2 atom stereocenters. The second-order valence-corrected chi connectivity index (χ2v) is 7.89. The van der Waals surface area contributed by atoms with Crippen LogP contribution in [0.2, 0.25) is 0 Å². The lowest BCUT2D eigenvalue weighted by Crippen LogP contribution is -2.52. The molecule has 3 N–H and O–H groups in total. The van der Waals surface area contributed by atoms with Crippen molar-refractivity contribution in [2.75, 3.05) is 6.61 Å². The predicted molar refractivity (Wildman–Crippen MR) is 103 cm³/mol. The van der Waals surface area contributed by atoms with Gasteiger partial charge in [-0.2, -0.15) is 0 Å². The van der Waals surface area contributed by atoms with Crippen LogP contribution in [0, 0.1) is 18.8 Å². The third-order valence-corrected chi connectivity index (χ3v) is 5.42. The third kappa shape index (κ3) is 5.35. The monoisotopic (exact) mass is 366 g/mol. The Bertz CT molecular complexity index is 599. The standard InChI is InChI=1S/C20H30N2O2.ClH/c1-14-6-9-16(18(11-14)24-13-15-7-8-15)12-22-19(23)17-5-3-4-10-20(17,2)21;/h6,9,11,15,17H,3-5,7-8,10,12-13,21H2,1-2H3,(H,22,23);1H. The fraction of sp³-hybridized carbons (Fsp3) is 0.650. The Labute approximate surface area is 157 Å². The summed E-state index contributed by atoms with van der Waals surface area (Å²) < 4.78 is 5.98. The molecule has 1 aromatic carbocycles. The van der Waals surface area contributed by atoms with E-state index in [-0.39, 0.29) is 29.8 Å². The van der Waals surface area contributed by atoms with Gasteiger partial charge in [0.1, 0.15) is 5.75 Å². The first-order chi connectivity index (χ1) is 11.5. The van der Waals surface area contributed by atoms with Gasteiger partial charge in [-0.25, -0.2) is 0 Å². The van der Waals surface area contributed by atoms with Crippen LogP contribution in [0.15, 0.2) is 18.2 Å². The van der Waals surface area contributed by atoms with Crippen molar-refractivity contribution in [2.45, 2.75) is 64.5 Å². The molecule has 2 unspecified atom stereocenters. The lowest BCUT2D eigenvalue weighted by molar-refractivity contribution is -0.128. The van der Waals surface area contributed by atoms with Crippen molar-refractivity contribution in [1.29, 1.82) is 0 Å². The summed E-state index contributed by atoms with van der Waals surface area (Å²) in [5.74, 6) is 1.61. The highest BCUT2D eigenvalue weighted by Crippen LogP contribution is 2.32. The van der Waals surface area contributed by atoms with Crippen molar-refractivity contribution < 1.29 is 9.53 Å². The minimum absolute atomic E-state index is 0. The van der Waals surface area contributed by atoms with E-state index in [9.17, 15) is 4.79 Å². The van der Waals surface area contributed by atoms with Crippen LogP contribution >= 0.6 is 12.4 Å². The normalized spacial score (nSPS) is 25.8. The van der Waals surface area contributed by atoms with Gasteiger partial charge in [0.2, 0.25) is 5.91 Å². The molecule has 1 amide bonds. The molecule has 0 aromatic heterocycles. The van der Waals surface area contributed by atoms with E-state index in [2.05, 4.69) is 30.4 Å². The van der Waals surface area contributed by atoms with Gasteiger partial charge in [-0.1, -0.05) is 25.0 Å². The van der Waals surface area contributed by atoms with Crippen molar-refractivity contribution in [3.63, 3.8) is 0 Å². The van der Waals surface area contributed by atoms with E-state index in [0.29, 0.717) is 12.5 Å². The number of hydrogen-bond acceptors (Lipinski definition) is 3. The predicted octanol–water partition coefficient (Wildman–Crippen LogP) is 3.73. The van der Waals surface area contributed by atoms with E-state index < -0.39 is 0 Å². The molecule has 2 aliphatic rings. The number of nitrogens with two attached hydrogens (primary N) is 1.